The summed E-state index contributed by atoms with van der Waals surface area (Å²) in [5.41, 5.74) is 0. The van der Waals surface area contributed by atoms with E-state index in [0.29, 0.717) is 25.5 Å². The van der Waals surface area contributed by atoms with E-state index >= 15 is 0 Å². The molecule has 0 atom stereocenters. The fourth-order valence-corrected chi connectivity index (χ4v) is 2.63. The molecule has 23 heavy (non-hydrogen) atoms. The highest BCUT2D eigenvalue weighted by Crippen LogP contribution is 2.18. The van der Waals surface area contributed by atoms with Crippen molar-refractivity contribution in [3.8, 4) is 11.5 Å². The maximum absolute atomic E-state index is 11.8. The van der Waals surface area contributed by atoms with Crippen molar-refractivity contribution in [2.75, 3.05) is 33.4 Å². The third-order valence-corrected chi connectivity index (χ3v) is 3.99. The lowest BCUT2D eigenvalue weighted by Gasteiger charge is -2.22. The molecule has 5 nitrogen and oxygen atoms in total. The lowest BCUT2D eigenvalue weighted by molar-refractivity contribution is -0.121. The van der Waals surface area contributed by atoms with Crippen LogP contribution in [0.1, 0.15) is 25.7 Å². The largest absolute Gasteiger partial charge is 0.497 e. The second-order valence-electron chi connectivity index (χ2n) is 5.61. The van der Waals surface area contributed by atoms with Crippen LogP contribution in [0.3, 0.4) is 0 Å². The van der Waals surface area contributed by atoms with E-state index in [-0.39, 0.29) is 18.3 Å². The van der Waals surface area contributed by atoms with Crippen LogP contribution < -0.4 is 20.1 Å². The molecule has 0 bridgehead atoms. The standard InChI is InChI=1S/C17H26N2O3.ClH/c1-21-15-3-5-16(6-4-15)22-13-12-19-17(20)7-2-14-8-10-18-11-9-14;/h3-6,14,18H,2,7-13H2,1H3,(H,19,20);1H. The topological polar surface area (TPSA) is 59.6 Å². The quantitative estimate of drug-likeness (QED) is 0.712. The fourth-order valence-electron chi connectivity index (χ4n) is 2.63. The van der Waals surface area contributed by atoms with Crippen molar-refractivity contribution in [1.29, 1.82) is 0 Å². The fraction of sp³-hybridized carbons (Fsp3) is 0.588. The van der Waals surface area contributed by atoms with Crippen LogP contribution in [0, 0.1) is 5.92 Å². The summed E-state index contributed by atoms with van der Waals surface area (Å²) in [6.07, 6.45) is 3.99. The summed E-state index contributed by atoms with van der Waals surface area (Å²) in [5, 5.41) is 6.25. The van der Waals surface area contributed by atoms with Gasteiger partial charge in [0.25, 0.3) is 0 Å². The van der Waals surface area contributed by atoms with Gasteiger partial charge in [0, 0.05) is 6.42 Å². The van der Waals surface area contributed by atoms with E-state index in [2.05, 4.69) is 10.6 Å². The zero-order valence-electron chi connectivity index (χ0n) is 13.7. The molecule has 130 valence electrons. The van der Waals surface area contributed by atoms with Crippen molar-refractivity contribution in [1.82, 2.24) is 10.6 Å². The number of carbonyl (C=O) groups is 1. The van der Waals surface area contributed by atoms with Crippen LogP contribution in [-0.4, -0.2) is 39.3 Å². The lowest BCUT2D eigenvalue weighted by Crippen LogP contribution is -2.30. The molecule has 1 amide bonds. The van der Waals surface area contributed by atoms with Crippen LogP contribution in [0.5, 0.6) is 11.5 Å². The summed E-state index contributed by atoms with van der Waals surface area (Å²) in [4.78, 5) is 11.8. The Kier molecular flexibility index (Phi) is 9.48. The zero-order chi connectivity index (χ0) is 15.6. The van der Waals surface area contributed by atoms with Gasteiger partial charge in [0.2, 0.25) is 5.91 Å². The molecule has 0 aromatic heterocycles. The molecule has 1 saturated heterocycles. The molecule has 1 heterocycles. The van der Waals surface area contributed by atoms with Crippen LogP contribution in [0.15, 0.2) is 24.3 Å². The molecule has 2 N–H and O–H groups in total. The first-order valence-corrected chi connectivity index (χ1v) is 8.02. The number of nitrogens with one attached hydrogen (secondary N) is 2. The monoisotopic (exact) mass is 342 g/mol. The zero-order valence-corrected chi connectivity index (χ0v) is 14.5. The van der Waals surface area contributed by atoms with Gasteiger partial charge in [-0.3, -0.25) is 4.79 Å². The molecule has 0 unspecified atom stereocenters. The number of ether oxygens (including phenoxy) is 2. The second-order valence-corrected chi connectivity index (χ2v) is 5.61. The number of piperidine rings is 1. The van der Waals surface area contributed by atoms with E-state index in [4.69, 9.17) is 9.47 Å². The minimum atomic E-state index is 0. The van der Waals surface area contributed by atoms with Crippen molar-refractivity contribution >= 4 is 18.3 Å². The molecule has 0 aliphatic carbocycles. The number of hydrogen-bond acceptors (Lipinski definition) is 4. The molecule has 1 fully saturated rings. The van der Waals surface area contributed by atoms with Gasteiger partial charge in [-0.1, -0.05) is 0 Å². The van der Waals surface area contributed by atoms with Gasteiger partial charge in [-0.05, 0) is 62.5 Å². The third-order valence-electron chi connectivity index (χ3n) is 3.99. The molecular weight excluding hydrogens is 316 g/mol. The molecular formula is C17H27ClN2O3. The van der Waals surface area contributed by atoms with E-state index in [1.807, 2.05) is 24.3 Å². The van der Waals surface area contributed by atoms with Crippen LogP contribution >= 0.6 is 12.4 Å². The summed E-state index contributed by atoms with van der Waals surface area (Å²) in [5.74, 6) is 2.41. The Morgan fingerprint density at radius 1 is 1.22 bits per heavy atom. The Balaban J connectivity index is 0.00000264. The number of benzene rings is 1. The van der Waals surface area contributed by atoms with Crippen LogP contribution in [0.2, 0.25) is 0 Å². The maximum Gasteiger partial charge on any atom is 0.220 e. The summed E-state index contributed by atoms with van der Waals surface area (Å²) < 4.78 is 10.7. The molecule has 0 saturated carbocycles. The second kappa shape index (κ2) is 11.1. The number of methoxy groups -OCH3 is 1. The van der Waals surface area contributed by atoms with Crippen molar-refractivity contribution < 1.29 is 14.3 Å². The van der Waals surface area contributed by atoms with E-state index < -0.39 is 0 Å². The van der Waals surface area contributed by atoms with Crippen molar-refractivity contribution in [2.45, 2.75) is 25.7 Å². The SMILES string of the molecule is COc1ccc(OCCNC(=O)CCC2CCNCC2)cc1.Cl. The van der Waals surface area contributed by atoms with Gasteiger partial charge in [0.05, 0.1) is 13.7 Å². The van der Waals surface area contributed by atoms with Gasteiger partial charge < -0.3 is 20.1 Å². The number of carbonyl (C=O) groups excluding carboxylic acids is 1. The third kappa shape index (κ3) is 7.57. The molecule has 1 aromatic rings. The van der Waals surface area contributed by atoms with Crippen LogP contribution in [0.25, 0.3) is 0 Å². The number of amides is 1. The van der Waals surface area contributed by atoms with Gasteiger partial charge in [0.15, 0.2) is 0 Å². The molecule has 0 radical (unpaired) electrons. The highest BCUT2D eigenvalue weighted by molar-refractivity contribution is 5.85. The van der Waals surface area contributed by atoms with Crippen molar-refractivity contribution in [3.63, 3.8) is 0 Å². The average molecular weight is 343 g/mol. The first-order valence-electron chi connectivity index (χ1n) is 8.02. The van der Waals surface area contributed by atoms with Gasteiger partial charge in [0.1, 0.15) is 18.1 Å². The van der Waals surface area contributed by atoms with Crippen LogP contribution in [-0.2, 0) is 4.79 Å². The van der Waals surface area contributed by atoms with E-state index in [0.717, 1.165) is 31.0 Å². The number of rotatable bonds is 8. The Labute approximate surface area is 144 Å². The smallest absolute Gasteiger partial charge is 0.220 e. The molecule has 1 aliphatic rings. The average Bonchev–Trinajstić information content (AvgIpc) is 2.58. The summed E-state index contributed by atoms with van der Waals surface area (Å²) >= 11 is 0. The molecule has 1 aromatic carbocycles. The van der Waals surface area contributed by atoms with Crippen molar-refractivity contribution in [3.05, 3.63) is 24.3 Å². The maximum atomic E-state index is 11.8. The van der Waals surface area contributed by atoms with E-state index in [9.17, 15) is 4.79 Å². The van der Waals surface area contributed by atoms with E-state index in [1.54, 1.807) is 7.11 Å². The highest BCUT2D eigenvalue weighted by atomic mass is 35.5. The predicted molar refractivity (Wildman–Crippen MR) is 93.6 cm³/mol. The summed E-state index contributed by atoms with van der Waals surface area (Å²) in [7, 11) is 1.63. The molecule has 0 spiro atoms. The number of hydrogen-bond donors (Lipinski definition) is 2. The van der Waals surface area contributed by atoms with Crippen molar-refractivity contribution in [2.24, 2.45) is 5.92 Å². The Morgan fingerprint density at radius 2 is 1.87 bits per heavy atom. The summed E-state index contributed by atoms with van der Waals surface area (Å²) in [6, 6.07) is 7.43. The molecule has 6 heteroatoms. The first-order chi connectivity index (χ1) is 10.8. The van der Waals surface area contributed by atoms with Gasteiger partial charge in [-0.25, -0.2) is 0 Å². The predicted octanol–water partition coefficient (Wildman–Crippen LogP) is 2.39. The lowest BCUT2D eigenvalue weighted by atomic mass is 9.93. The van der Waals surface area contributed by atoms with Crippen LogP contribution in [0.4, 0.5) is 0 Å². The van der Waals surface area contributed by atoms with E-state index in [1.165, 1.54) is 12.8 Å². The normalized spacial score (nSPS) is 14.7. The summed E-state index contributed by atoms with van der Waals surface area (Å²) in [6.45, 7) is 3.19. The first kappa shape index (κ1) is 19.6. The highest BCUT2D eigenvalue weighted by Gasteiger charge is 2.14. The molecule has 2 rings (SSSR count). The Morgan fingerprint density at radius 3 is 2.52 bits per heavy atom. The van der Waals surface area contributed by atoms with Gasteiger partial charge >= 0.3 is 0 Å². The Hall–Kier alpha value is -1.46. The van der Waals surface area contributed by atoms with Gasteiger partial charge in [-0.15, -0.1) is 12.4 Å². The van der Waals surface area contributed by atoms with Gasteiger partial charge in [-0.2, -0.15) is 0 Å². The molecule has 1 aliphatic heterocycles. The number of halogens is 1. The minimum absolute atomic E-state index is 0. The Bertz CT molecular complexity index is 448. The minimum Gasteiger partial charge on any atom is -0.497 e.